The summed E-state index contributed by atoms with van der Waals surface area (Å²) in [6.07, 6.45) is -2.30. The van der Waals surface area contributed by atoms with Gasteiger partial charge >= 0.3 is 6.18 Å². The molecule has 6 nitrogen and oxygen atoms in total. The number of nitrogens with zero attached hydrogens (tertiary/aromatic N) is 1. The second-order valence-electron chi connectivity index (χ2n) is 8.29. The van der Waals surface area contributed by atoms with E-state index in [2.05, 4.69) is 10.0 Å². The van der Waals surface area contributed by atoms with Gasteiger partial charge < -0.3 is 10.2 Å². The molecule has 1 aromatic rings. The van der Waals surface area contributed by atoms with Gasteiger partial charge in [0.2, 0.25) is 15.9 Å². The van der Waals surface area contributed by atoms with Crippen LogP contribution in [0.3, 0.4) is 0 Å². The number of amides is 1. The van der Waals surface area contributed by atoms with Crippen LogP contribution in [0.1, 0.15) is 45.1 Å². The first-order chi connectivity index (χ1) is 14.0. The molecule has 1 amide bonds. The maximum atomic E-state index is 13.0. The molecule has 0 radical (unpaired) electrons. The zero-order chi connectivity index (χ0) is 22.1. The summed E-state index contributed by atoms with van der Waals surface area (Å²) in [5, 5.41) is 3.30. The average molecular weight is 448 g/mol. The molecule has 2 atom stereocenters. The van der Waals surface area contributed by atoms with Crippen molar-refractivity contribution in [2.24, 2.45) is 5.92 Å². The third kappa shape index (κ3) is 5.15. The van der Waals surface area contributed by atoms with Crippen LogP contribution in [0.5, 0.6) is 0 Å². The van der Waals surface area contributed by atoms with Crippen molar-refractivity contribution in [2.45, 2.75) is 68.7 Å². The van der Waals surface area contributed by atoms with Crippen LogP contribution in [0.25, 0.3) is 0 Å². The van der Waals surface area contributed by atoms with E-state index in [9.17, 15) is 26.4 Å². The summed E-state index contributed by atoms with van der Waals surface area (Å²) >= 11 is 0. The molecular weight excluding hydrogens is 419 g/mol. The molecule has 1 saturated heterocycles. The number of sulfonamides is 1. The number of benzene rings is 1. The Morgan fingerprint density at radius 3 is 2.07 bits per heavy atom. The summed E-state index contributed by atoms with van der Waals surface area (Å²) < 4.78 is 65.7. The summed E-state index contributed by atoms with van der Waals surface area (Å²) in [5.74, 6) is 0.000342. The zero-order valence-corrected chi connectivity index (χ0v) is 17.9. The number of carbonyl (C=O) groups is 1. The number of piperazine rings is 1. The Bertz CT molecular complexity index is 840. The highest BCUT2D eigenvalue weighted by atomic mass is 32.2. The van der Waals surface area contributed by atoms with Crippen LogP contribution in [-0.4, -0.2) is 50.4 Å². The molecule has 30 heavy (non-hydrogen) atoms. The number of alkyl halides is 3. The number of nitrogens with one attached hydrogen (secondary N) is 2. The van der Waals surface area contributed by atoms with Gasteiger partial charge in [0, 0.05) is 37.1 Å². The smallest absolute Gasteiger partial charge is 0.334 e. The highest BCUT2D eigenvalue weighted by Gasteiger charge is 2.36. The Balaban J connectivity index is 1.58. The van der Waals surface area contributed by atoms with Crippen LogP contribution >= 0.6 is 0 Å². The van der Waals surface area contributed by atoms with E-state index < -0.39 is 21.8 Å². The van der Waals surface area contributed by atoms with Crippen molar-refractivity contribution < 1.29 is 26.4 Å². The van der Waals surface area contributed by atoms with Crippen LogP contribution in [0.2, 0.25) is 0 Å². The second kappa shape index (κ2) is 8.84. The molecule has 168 valence electrons. The molecule has 0 aromatic heterocycles. The Morgan fingerprint density at radius 2 is 1.57 bits per heavy atom. The molecule has 1 heterocycles. The van der Waals surface area contributed by atoms with Crippen LogP contribution in [0.15, 0.2) is 29.2 Å². The molecule has 2 fully saturated rings. The fraction of sp³-hybridized carbons (Fsp3) is 0.650. The van der Waals surface area contributed by atoms with E-state index in [4.69, 9.17) is 0 Å². The number of hydrogen-bond acceptors (Lipinski definition) is 4. The predicted octanol–water partition coefficient (Wildman–Crippen LogP) is 2.75. The van der Waals surface area contributed by atoms with Crippen LogP contribution in [0, 0.1) is 5.92 Å². The first-order valence-corrected chi connectivity index (χ1v) is 11.7. The van der Waals surface area contributed by atoms with Gasteiger partial charge in [-0.25, -0.2) is 13.1 Å². The first kappa shape index (κ1) is 23.0. The number of carbonyl (C=O) groups excluding carboxylic acids is 1. The van der Waals surface area contributed by atoms with Gasteiger partial charge in [0.05, 0.1) is 10.5 Å². The molecule has 1 saturated carbocycles. The predicted molar refractivity (Wildman–Crippen MR) is 106 cm³/mol. The SMILES string of the molecule is CC1CNCC(C)N1C(=O)C1CCC(NS(=O)(=O)c2ccc(C(F)(F)F)cc2)CC1. The van der Waals surface area contributed by atoms with E-state index in [1.807, 2.05) is 18.7 Å². The lowest BCUT2D eigenvalue weighted by Gasteiger charge is -2.42. The van der Waals surface area contributed by atoms with Gasteiger partial charge in [-0.05, 0) is 63.8 Å². The topological polar surface area (TPSA) is 78.5 Å². The van der Waals surface area contributed by atoms with Gasteiger partial charge in [-0.15, -0.1) is 0 Å². The Kier molecular flexibility index (Phi) is 6.78. The fourth-order valence-corrected chi connectivity index (χ4v) is 5.65. The molecule has 0 bridgehead atoms. The quantitative estimate of drug-likeness (QED) is 0.744. The second-order valence-corrected chi connectivity index (χ2v) is 10.0. The van der Waals surface area contributed by atoms with Crippen LogP contribution < -0.4 is 10.0 Å². The largest absolute Gasteiger partial charge is 0.416 e. The maximum absolute atomic E-state index is 13.0. The van der Waals surface area contributed by atoms with E-state index in [1.165, 1.54) is 0 Å². The Morgan fingerprint density at radius 1 is 1.03 bits per heavy atom. The molecule has 10 heteroatoms. The van der Waals surface area contributed by atoms with Gasteiger partial charge in [-0.3, -0.25) is 4.79 Å². The third-order valence-corrected chi connectivity index (χ3v) is 7.51. The zero-order valence-electron chi connectivity index (χ0n) is 17.1. The molecule has 2 unspecified atom stereocenters. The lowest BCUT2D eigenvalue weighted by atomic mass is 9.85. The summed E-state index contributed by atoms with van der Waals surface area (Å²) in [4.78, 5) is 14.7. The molecule has 2 N–H and O–H groups in total. The average Bonchev–Trinajstić information content (AvgIpc) is 2.67. The maximum Gasteiger partial charge on any atom is 0.416 e. The van der Waals surface area contributed by atoms with Gasteiger partial charge in [0.1, 0.15) is 0 Å². The minimum absolute atomic E-state index is 0.122. The van der Waals surface area contributed by atoms with Crippen LogP contribution in [0.4, 0.5) is 13.2 Å². The minimum Gasteiger partial charge on any atom is -0.334 e. The molecule has 1 aliphatic heterocycles. The third-order valence-electron chi connectivity index (χ3n) is 5.97. The minimum atomic E-state index is -4.51. The lowest BCUT2D eigenvalue weighted by Crippen LogP contribution is -2.58. The standard InChI is InChI=1S/C20H28F3N3O3S/c1-13-11-24-12-14(2)26(13)19(27)15-3-7-17(8-4-15)25-30(28,29)18-9-5-16(6-10-18)20(21,22)23/h5-6,9-10,13-15,17,24-25H,3-4,7-8,11-12H2,1-2H3. The van der Waals surface area contributed by atoms with Gasteiger partial charge in [0.25, 0.3) is 0 Å². The molecule has 3 rings (SSSR count). The summed E-state index contributed by atoms with van der Waals surface area (Å²) in [7, 11) is -3.92. The van der Waals surface area contributed by atoms with Crippen molar-refractivity contribution >= 4 is 15.9 Å². The highest BCUT2D eigenvalue weighted by molar-refractivity contribution is 7.89. The van der Waals surface area contributed by atoms with Crippen molar-refractivity contribution in [3.8, 4) is 0 Å². The molecular formula is C20H28F3N3O3S. The van der Waals surface area contributed by atoms with E-state index in [0.29, 0.717) is 25.7 Å². The van der Waals surface area contributed by atoms with Crippen molar-refractivity contribution in [3.05, 3.63) is 29.8 Å². The van der Waals surface area contributed by atoms with E-state index in [1.54, 1.807) is 0 Å². The number of halogens is 3. The highest BCUT2D eigenvalue weighted by Crippen LogP contribution is 2.31. The van der Waals surface area contributed by atoms with E-state index >= 15 is 0 Å². The van der Waals surface area contributed by atoms with Gasteiger partial charge in [0.15, 0.2) is 0 Å². The van der Waals surface area contributed by atoms with Gasteiger partial charge in [-0.2, -0.15) is 13.2 Å². The van der Waals surface area contributed by atoms with E-state index in [-0.39, 0.29) is 34.8 Å². The van der Waals surface area contributed by atoms with Crippen molar-refractivity contribution in [3.63, 3.8) is 0 Å². The van der Waals surface area contributed by atoms with Crippen molar-refractivity contribution in [1.29, 1.82) is 0 Å². The number of rotatable bonds is 4. The van der Waals surface area contributed by atoms with E-state index in [0.717, 1.165) is 37.4 Å². The molecule has 2 aliphatic rings. The molecule has 1 aromatic carbocycles. The van der Waals surface area contributed by atoms with Gasteiger partial charge in [-0.1, -0.05) is 0 Å². The first-order valence-electron chi connectivity index (χ1n) is 10.2. The van der Waals surface area contributed by atoms with Crippen molar-refractivity contribution in [1.82, 2.24) is 14.9 Å². The lowest BCUT2D eigenvalue weighted by molar-refractivity contribution is -0.142. The number of hydrogen-bond donors (Lipinski definition) is 2. The Labute approximate surface area is 175 Å². The van der Waals surface area contributed by atoms with Crippen molar-refractivity contribution in [2.75, 3.05) is 13.1 Å². The summed E-state index contributed by atoms with van der Waals surface area (Å²) in [5.41, 5.74) is -0.892. The fourth-order valence-electron chi connectivity index (χ4n) is 4.35. The monoisotopic (exact) mass is 447 g/mol. The normalized spacial score (nSPS) is 28.4. The molecule has 1 aliphatic carbocycles. The van der Waals surface area contributed by atoms with Crippen LogP contribution in [-0.2, 0) is 21.0 Å². The Hall–Kier alpha value is -1.65. The summed E-state index contributed by atoms with van der Waals surface area (Å²) in [6, 6.07) is 3.37. The molecule has 0 spiro atoms. The summed E-state index contributed by atoms with van der Waals surface area (Å²) in [6.45, 7) is 5.56.